The van der Waals surface area contributed by atoms with Crippen LogP contribution in [0.15, 0.2) is 36.7 Å². The molecule has 2 aromatic rings. The third-order valence-corrected chi connectivity index (χ3v) is 7.46. The number of aromatic nitrogens is 1. The Morgan fingerprint density at radius 1 is 1.30 bits per heavy atom. The van der Waals surface area contributed by atoms with Gasteiger partial charge in [-0.1, -0.05) is 44.0 Å². The molecule has 204 valence electrons. The number of hydrogen-bond donors (Lipinski definition) is 3. The first kappa shape index (κ1) is 29.5. The molecular weight excluding hydrogens is 490 g/mol. The van der Waals surface area contributed by atoms with E-state index in [1.807, 2.05) is 12.1 Å². The zero-order valence-corrected chi connectivity index (χ0v) is 22.9. The van der Waals surface area contributed by atoms with Crippen molar-refractivity contribution in [2.45, 2.75) is 83.5 Å². The van der Waals surface area contributed by atoms with Gasteiger partial charge in [0.2, 0.25) is 0 Å². The fraction of sp³-hybridized carbons (Fsp3) is 0.586. The zero-order valence-electron chi connectivity index (χ0n) is 22.2. The van der Waals surface area contributed by atoms with Crippen molar-refractivity contribution in [2.24, 2.45) is 0 Å². The Hall–Kier alpha value is -2.03. The normalized spacial score (nSPS) is 17.7. The van der Waals surface area contributed by atoms with Crippen molar-refractivity contribution >= 4 is 17.6 Å². The van der Waals surface area contributed by atoms with Crippen molar-refractivity contribution in [1.82, 2.24) is 15.2 Å². The van der Waals surface area contributed by atoms with E-state index in [0.717, 1.165) is 55.0 Å². The number of aliphatic carboxylic acids is 1. The van der Waals surface area contributed by atoms with E-state index >= 15 is 0 Å². The number of carboxylic acids is 1. The highest BCUT2D eigenvalue weighted by molar-refractivity contribution is 6.31. The maximum Gasteiger partial charge on any atom is 0.303 e. The summed E-state index contributed by atoms with van der Waals surface area (Å²) in [7, 11) is 0. The highest BCUT2D eigenvalue weighted by Crippen LogP contribution is 2.27. The molecule has 1 aromatic carbocycles. The van der Waals surface area contributed by atoms with Gasteiger partial charge >= 0.3 is 5.97 Å². The van der Waals surface area contributed by atoms with Gasteiger partial charge in [0.1, 0.15) is 0 Å². The maximum absolute atomic E-state index is 11.0. The van der Waals surface area contributed by atoms with E-state index in [1.54, 1.807) is 12.4 Å². The van der Waals surface area contributed by atoms with Crippen LogP contribution in [-0.4, -0.2) is 64.6 Å². The van der Waals surface area contributed by atoms with Gasteiger partial charge in [0.15, 0.2) is 0 Å². The Kier molecular flexibility index (Phi) is 12.3. The monoisotopic (exact) mass is 531 g/mol. The highest BCUT2D eigenvalue weighted by atomic mass is 35.5. The molecule has 37 heavy (non-hydrogen) atoms. The molecule has 0 amide bonds. The summed E-state index contributed by atoms with van der Waals surface area (Å²) in [4.78, 5) is 17.7. The van der Waals surface area contributed by atoms with E-state index < -0.39 is 12.1 Å². The average molecular weight is 532 g/mol. The molecule has 0 radical (unpaired) electrons. The number of pyridine rings is 1. The number of aryl methyl sites for hydroxylation is 2. The van der Waals surface area contributed by atoms with E-state index in [-0.39, 0.29) is 19.1 Å². The SMILES string of the molecule is CCCC(OC[C@H](O)CNCN1CCC[C@H]1Cc1ccc(Cl)c(CC)c1)c1ccncc1CCC(=O)O. The number of benzene rings is 1. The van der Waals surface area contributed by atoms with Crippen LogP contribution in [0.5, 0.6) is 0 Å². The van der Waals surface area contributed by atoms with Crippen LogP contribution in [0.2, 0.25) is 5.02 Å². The lowest BCUT2D eigenvalue weighted by Crippen LogP contribution is -2.42. The van der Waals surface area contributed by atoms with Gasteiger partial charge in [-0.3, -0.25) is 14.7 Å². The molecule has 1 fully saturated rings. The van der Waals surface area contributed by atoms with Crippen molar-refractivity contribution in [3.05, 3.63) is 63.9 Å². The Labute approximate surface area is 226 Å². The van der Waals surface area contributed by atoms with Crippen LogP contribution in [0, 0.1) is 0 Å². The molecule has 3 rings (SSSR count). The van der Waals surface area contributed by atoms with Gasteiger partial charge in [0.05, 0.1) is 18.8 Å². The topological polar surface area (TPSA) is 94.9 Å². The van der Waals surface area contributed by atoms with Gasteiger partial charge in [-0.25, -0.2) is 0 Å². The maximum atomic E-state index is 11.0. The predicted octanol–water partition coefficient (Wildman–Crippen LogP) is 4.79. The number of aliphatic hydroxyl groups is 1. The molecule has 1 saturated heterocycles. The lowest BCUT2D eigenvalue weighted by atomic mass is 9.98. The van der Waals surface area contributed by atoms with Crippen LogP contribution >= 0.6 is 11.6 Å². The highest BCUT2D eigenvalue weighted by Gasteiger charge is 2.25. The second-order valence-corrected chi connectivity index (χ2v) is 10.3. The summed E-state index contributed by atoms with van der Waals surface area (Å²) in [5.74, 6) is -0.830. The minimum absolute atomic E-state index is 0.0549. The van der Waals surface area contributed by atoms with E-state index in [1.165, 1.54) is 24.0 Å². The summed E-state index contributed by atoms with van der Waals surface area (Å²) in [6.07, 6.45) is 9.10. The van der Waals surface area contributed by atoms with Crippen LogP contribution in [0.1, 0.15) is 74.3 Å². The molecule has 1 unspecified atom stereocenters. The standard InChI is InChI=1S/C29H42ClN3O4/c1-3-6-28(26-12-13-31-17-23(26)9-11-29(35)36)37-19-25(34)18-32-20-33-14-5-7-24(33)16-21-8-10-27(30)22(4-2)15-21/h8,10,12-13,15,17,24-25,28,32,34H,3-7,9,11,14,16,18-20H2,1-2H3,(H,35,36)/t24-,25+,28?/m0/s1. The van der Waals surface area contributed by atoms with E-state index in [4.69, 9.17) is 21.4 Å². The van der Waals surface area contributed by atoms with Gasteiger partial charge in [-0.2, -0.15) is 0 Å². The number of carbonyl (C=O) groups is 1. The Bertz CT molecular complexity index is 989. The van der Waals surface area contributed by atoms with Crippen molar-refractivity contribution in [1.29, 1.82) is 0 Å². The zero-order chi connectivity index (χ0) is 26.6. The van der Waals surface area contributed by atoms with Crippen LogP contribution in [0.3, 0.4) is 0 Å². The number of halogens is 1. The fourth-order valence-electron chi connectivity index (χ4n) is 5.09. The summed E-state index contributed by atoms with van der Waals surface area (Å²) in [6, 6.07) is 8.76. The summed E-state index contributed by atoms with van der Waals surface area (Å²) < 4.78 is 6.14. The molecule has 0 aliphatic carbocycles. The van der Waals surface area contributed by atoms with E-state index in [2.05, 4.69) is 41.2 Å². The van der Waals surface area contributed by atoms with Gasteiger partial charge in [-0.05, 0) is 79.5 Å². The first-order chi connectivity index (χ1) is 17.9. The van der Waals surface area contributed by atoms with Crippen LogP contribution in [0.4, 0.5) is 0 Å². The third-order valence-electron chi connectivity index (χ3n) is 7.09. The first-order valence-corrected chi connectivity index (χ1v) is 13.9. The largest absolute Gasteiger partial charge is 0.481 e. The van der Waals surface area contributed by atoms with Gasteiger partial charge in [0, 0.05) is 43.1 Å². The quantitative estimate of drug-likeness (QED) is 0.287. The molecule has 3 atom stereocenters. The van der Waals surface area contributed by atoms with Crippen LogP contribution < -0.4 is 5.32 Å². The van der Waals surface area contributed by atoms with Gasteiger partial charge < -0.3 is 20.3 Å². The summed E-state index contributed by atoms with van der Waals surface area (Å²) in [5, 5.41) is 23.9. The average Bonchev–Trinajstić information content (AvgIpc) is 3.33. The number of hydrogen-bond acceptors (Lipinski definition) is 6. The smallest absolute Gasteiger partial charge is 0.303 e. The molecule has 0 spiro atoms. The molecule has 7 nitrogen and oxygen atoms in total. The Balaban J connectivity index is 1.47. The van der Waals surface area contributed by atoms with Crippen LogP contribution in [-0.2, 0) is 28.8 Å². The van der Waals surface area contributed by atoms with Crippen LogP contribution in [0.25, 0.3) is 0 Å². The van der Waals surface area contributed by atoms with Crippen molar-refractivity contribution in [3.63, 3.8) is 0 Å². The third kappa shape index (κ3) is 9.34. The molecule has 1 aromatic heterocycles. The van der Waals surface area contributed by atoms with Gasteiger partial charge in [-0.15, -0.1) is 0 Å². The summed E-state index contributed by atoms with van der Waals surface area (Å²) in [6.45, 7) is 6.67. The molecule has 3 N–H and O–H groups in total. The summed E-state index contributed by atoms with van der Waals surface area (Å²) in [5.41, 5.74) is 4.38. The number of nitrogens with one attached hydrogen (secondary N) is 1. The molecule has 2 heterocycles. The Morgan fingerprint density at radius 2 is 2.14 bits per heavy atom. The molecule has 0 bridgehead atoms. The van der Waals surface area contributed by atoms with Crippen molar-refractivity contribution in [2.75, 3.05) is 26.4 Å². The second-order valence-electron chi connectivity index (χ2n) is 9.94. The molecule has 1 aliphatic rings. The fourth-order valence-corrected chi connectivity index (χ4v) is 5.34. The number of likely N-dealkylation sites (tertiary alicyclic amines) is 1. The lowest BCUT2D eigenvalue weighted by Gasteiger charge is -2.26. The van der Waals surface area contributed by atoms with E-state index in [0.29, 0.717) is 19.0 Å². The molecule has 0 saturated carbocycles. The van der Waals surface area contributed by atoms with Crippen molar-refractivity contribution < 1.29 is 19.7 Å². The Morgan fingerprint density at radius 3 is 2.89 bits per heavy atom. The number of ether oxygens (including phenoxy) is 1. The first-order valence-electron chi connectivity index (χ1n) is 13.6. The predicted molar refractivity (Wildman–Crippen MR) is 147 cm³/mol. The number of aliphatic hydroxyl groups excluding tert-OH is 1. The number of carboxylic acid groups (broad SMARTS) is 1. The van der Waals surface area contributed by atoms with Gasteiger partial charge in [0.25, 0.3) is 0 Å². The summed E-state index contributed by atoms with van der Waals surface area (Å²) >= 11 is 6.29. The minimum atomic E-state index is -0.830. The molecule has 1 aliphatic heterocycles. The second kappa shape index (κ2) is 15.4. The molecule has 8 heteroatoms. The lowest BCUT2D eigenvalue weighted by molar-refractivity contribution is -0.136. The number of rotatable bonds is 16. The van der Waals surface area contributed by atoms with Crippen molar-refractivity contribution in [3.8, 4) is 0 Å². The number of nitrogens with zero attached hydrogens (tertiary/aromatic N) is 2. The minimum Gasteiger partial charge on any atom is -0.481 e. The van der Waals surface area contributed by atoms with E-state index in [9.17, 15) is 9.90 Å². The molecular formula is C29H42ClN3O4.